The van der Waals surface area contributed by atoms with Gasteiger partial charge in [-0.15, -0.1) is 0 Å². The summed E-state index contributed by atoms with van der Waals surface area (Å²) >= 11 is 5.93. The number of pyridine rings is 2. The monoisotopic (exact) mass is 442 g/mol. The van der Waals surface area contributed by atoms with E-state index in [4.69, 9.17) is 11.6 Å². The number of nitrogens with zero attached hydrogens (tertiary/aromatic N) is 2. The van der Waals surface area contributed by atoms with Crippen LogP contribution in [0.1, 0.15) is 5.56 Å². The van der Waals surface area contributed by atoms with Crippen molar-refractivity contribution >= 4 is 43.8 Å². The number of nitrogens with one attached hydrogen (secondary N) is 2. The van der Waals surface area contributed by atoms with E-state index < -0.39 is 9.84 Å². The molecular weight excluding hydrogens is 424 g/mol. The summed E-state index contributed by atoms with van der Waals surface area (Å²) in [5, 5.41) is 4.54. The topological polar surface area (TPSA) is 96.8 Å². The third-order valence-corrected chi connectivity index (χ3v) is 5.77. The van der Waals surface area contributed by atoms with Gasteiger partial charge in [-0.2, -0.15) is 0 Å². The van der Waals surface area contributed by atoms with Gasteiger partial charge in [0.15, 0.2) is 9.84 Å². The maximum absolute atomic E-state index is 12.4. The van der Waals surface area contributed by atoms with E-state index in [0.29, 0.717) is 21.9 Å². The van der Waals surface area contributed by atoms with Crippen molar-refractivity contribution in [1.29, 1.82) is 0 Å². The third-order valence-electron chi connectivity index (χ3n) is 4.69. The van der Waals surface area contributed by atoms with Crippen LogP contribution in [0.4, 0.5) is 11.5 Å². The minimum atomic E-state index is -3.21. The normalized spacial score (nSPS) is 11.7. The zero-order valence-electron chi connectivity index (χ0n) is 16.3. The molecule has 0 saturated carbocycles. The van der Waals surface area contributed by atoms with Gasteiger partial charge in [-0.3, -0.25) is 4.79 Å². The van der Waals surface area contributed by atoms with Crippen LogP contribution < -0.4 is 10.9 Å². The van der Waals surface area contributed by atoms with Crippen molar-refractivity contribution < 1.29 is 8.42 Å². The Balaban J connectivity index is 1.92. The van der Waals surface area contributed by atoms with Crippen LogP contribution in [0.3, 0.4) is 0 Å². The van der Waals surface area contributed by atoms with Gasteiger partial charge in [-0.05, 0) is 35.9 Å². The van der Waals surface area contributed by atoms with Crippen molar-refractivity contribution in [3.05, 3.63) is 75.9 Å². The van der Waals surface area contributed by atoms with Crippen molar-refractivity contribution in [1.82, 2.24) is 14.5 Å². The van der Waals surface area contributed by atoms with Crippen molar-refractivity contribution in [2.24, 2.45) is 7.05 Å². The van der Waals surface area contributed by atoms with E-state index in [1.54, 1.807) is 37.6 Å². The average Bonchev–Trinajstić information content (AvgIpc) is 3.17. The number of hydrogen-bond acceptors (Lipinski definition) is 5. The summed E-state index contributed by atoms with van der Waals surface area (Å²) in [5.41, 5.74) is 3.27. The summed E-state index contributed by atoms with van der Waals surface area (Å²) in [6.45, 7) is 0. The Morgan fingerprint density at radius 1 is 1.17 bits per heavy atom. The fraction of sp³-hybridized carbons (Fsp3) is 0.143. The lowest BCUT2D eigenvalue weighted by molar-refractivity contribution is 0.601. The predicted molar refractivity (Wildman–Crippen MR) is 120 cm³/mol. The van der Waals surface area contributed by atoms with Crippen LogP contribution in [0.5, 0.6) is 0 Å². The Bertz CT molecular complexity index is 1410. The fourth-order valence-electron chi connectivity index (χ4n) is 3.39. The molecule has 9 heteroatoms. The number of H-pyrrole nitrogens is 1. The van der Waals surface area contributed by atoms with Gasteiger partial charge in [0, 0.05) is 54.1 Å². The molecule has 0 fully saturated rings. The highest BCUT2D eigenvalue weighted by Gasteiger charge is 2.16. The second kappa shape index (κ2) is 7.62. The van der Waals surface area contributed by atoms with Crippen LogP contribution in [0, 0.1) is 0 Å². The van der Waals surface area contributed by atoms with Crippen LogP contribution >= 0.6 is 11.6 Å². The van der Waals surface area contributed by atoms with Gasteiger partial charge in [0.25, 0.3) is 5.56 Å². The maximum Gasteiger partial charge on any atom is 0.274 e. The molecule has 3 heterocycles. The number of fused-ring (bicyclic) bond motifs is 1. The van der Waals surface area contributed by atoms with Gasteiger partial charge in [-0.25, -0.2) is 13.4 Å². The van der Waals surface area contributed by atoms with Crippen molar-refractivity contribution in [2.75, 3.05) is 11.6 Å². The summed E-state index contributed by atoms with van der Waals surface area (Å²) in [4.78, 5) is 19.7. The molecule has 30 heavy (non-hydrogen) atoms. The number of anilines is 2. The number of aromatic amines is 1. The minimum absolute atomic E-state index is 0.0818. The maximum atomic E-state index is 12.4. The Morgan fingerprint density at radius 2 is 1.97 bits per heavy atom. The first kappa shape index (κ1) is 20.2. The predicted octanol–water partition coefficient (Wildman–Crippen LogP) is 3.87. The smallest absolute Gasteiger partial charge is 0.274 e. The van der Waals surface area contributed by atoms with E-state index in [2.05, 4.69) is 15.3 Å². The van der Waals surface area contributed by atoms with Crippen LogP contribution in [0.15, 0.2) is 59.8 Å². The Hall–Kier alpha value is -3.10. The van der Waals surface area contributed by atoms with Crippen LogP contribution in [-0.2, 0) is 22.6 Å². The van der Waals surface area contributed by atoms with Gasteiger partial charge in [0.1, 0.15) is 11.3 Å². The van der Waals surface area contributed by atoms with Crippen molar-refractivity contribution in [2.45, 2.75) is 5.75 Å². The van der Waals surface area contributed by atoms with E-state index in [0.717, 1.165) is 22.2 Å². The quantitative estimate of drug-likeness (QED) is 0.489. The Labute approximate surface area is 178 Å². The molecule has 7 nitrogen and oxygen atoms in total. The van der Waals surface area contributed by atoms with Crippen molar-refractivity contribution in [3.8, 4) is 11.1 Å². The SMILES string of the molecule is Cn1cc(-c2cc(CS(C)(=O)=O)ccc2Nc2ccc(Cl)cn2)c2cc[nH]c2c1=O. The number of benzene rings is 1. The molecule has 0 atom stereocenters. The molecule has 2 N–H and O–H groups in total. The minimum Gasteiger partial charge on any atom is -0.357 e. The first-order valence-corrected chi connectivity index (χ1v) is 11.5. The number of hydrogen-bond donors (Lipinski definition) is 2. The molecule has 0 unspecified atom stereocenters. The fourth-order valence-corrected chi connectivity index (χ4v) is 4.28. The molecule has 3 aromatic heterocycles. The van der Waals surface area contributed by atoms with E-state index >= 15 is 0 Å². The lowest BCUT2D eigenvalue weighted by Crippen LogP contribution is -2.16. The first-order valence-electron chi connectivity index (χ1n) is 9.07. The van der Waals surface area contributed by atoms with Gasteiger partial charge in [0.2, 0.25) is 0 Å². The summed E-state index contributed by atoms with van der Waals surface area (Å²) in [6, 6.07) is 10.7. The zero-order chi connectivity index (χ0) is 21.5. The van der Waals surface area contributed by atoms with Crippen LogP contribution in [0.25, 0.3) is 22.0 Å². The zero-order valence-corrected chi connectivity index (χ0v) is 17.9. The van der Waals surface area contributed by atoms with Crippen LogP contribution in [0.2, 0.25) is 5.02 Å². The van der Waals surface area contributed by atoms with Crippen LogP contribution in [-0.4, -0.2) is 29.2 Å². The lowest BCUT2D eigenvalue weighted by atomic mass is 9.99. The Kier molecular flexibility index (Phi) is 5.13. The number of aryl methyl sites for hydroxylation is 1. The summed E-state index contributed by atoms with van der Waals surface area (Å²) in [5.74, 6) is 0.508. The molecule has 1 aromatic carbocycles. The second-order valence-corrected chi connectivity index (χ2v) is 9.74. The molecule has 154 valence electrons. The summed E-state index contributed by atoms with van der Waals surface area (Å²) in [6.07, 6.45) is 6.20. The number of sulfone groups is 1. The van der Waals surface area contributed by atoms with Gasteiger partial charge in [-0.1, -0.05) is 17.7 Å². The van der Waals surface area contributed by atoms with E-state index in [9.17, 15) is 13.2 Å². The molecule has 0 aliphatic heterocycles. The van der Waals surface area contributed by atoms with E-state index in [1.165, 1.54) is 17.0 Å². The highest BCUT2D eigenvalue weighted by molar-refractivity contribution is 7.89. The molecule has 0 saturated heterocycles. The van der Waals surface area contributed by atoms with Gasteiger partial charge >= 0.3 is 0 Å². The molecule has 0 aliphatic rings. The Morgan fingerprint density at radius 3 is 2.67 bits per heavy atom. The number of halogens is 1. The number of aromatic nitrogens is 3. The highest BCUT2D eigenvalue weighted by atomic mass is 35.5. The summed E-state index contributed by atoms with van der Waals surface area (Å²) < 4.78 is 25.2. The molecule has 0 spiro atoms. The summed E-state index contributed by atoms with van der Waals surface area (Å²) in [7, 11) is -1.53. The molecule has 4 rings (SSSR count). The molecule has 0 radical (unpaired) electrons. The standard InChI is InChI=1S/C21H19ClN4O3S/c1-26-11-17(15-7-8-23-20(15)21(26)27)16-9-13(12-30(2,28)29)3-5-18(16)25-19-6-4-14(22)10-24-19/h3-11,23H,12H2,1-2H3,(H,24,25). The second-order valence-electron chi connectivity index (χ2n) is 7.16. The molecule has 4 aromatic rings. The van der Waals surface area contributed by atoms with Crippen molar-refractivity contribution in [3.63, 3.8) is 0 Å². The molecule has 0 bridgehead atoms. The average molecular weight is 443 g/mol. The molecule has 0 aliphatic carbocycles. The third kappa shape index (κ3) is 4.10. The highest BCUT2D eigenvalue weighted by Crippen LogP contribution is 2.35. The largest absolute Gasteiger partial charge is 0.357 e. The number of rotatable bonds is 5. The first-order chi connectivity index (χ1) is 14.2. The molecular formula is C21H19ClN4O3S. The lowest BCUT2D eigenvalue weighted by Gasteiger charge is -2.15. The van der Waals surface area contributed by atoms with E-state index in [1.807, 2.05) is 18.2 Å². The molecule has 0 amide bonds. The van der Waals surface area contributed by atoms with Gasteiger partial charge in [0.05, 0.1) is 10.8 Å². The van der Waals surface area contributed by atoms with E-state index in [-0.39, 0.29) is 11.3 Å². The van der Waals surface area contributed by atoms with Gasteiger partial charge < -0.3 is 14.9 Å².